The molecule has 1 aliphatic rings. The number of aliphatic hydroxyl groups is 1. The van der Waals surface area contributed by atoms with Crippen LogP contribution in [0.1, 0.15) is 30.1 Å². The second kappa shape index (κ2) is 5.80. The highest BCUT2D eigenvalue weighted by Gasteiger charge is 2.30. The lowest BCUT2D eigenvalue weighted by atomic mass is 9.93. The van der Waals surface area contributed by atoms with Gasteiger partial charge in [-0.2, -0.15) is 0 Å². The molecule has 1 aromatic carbocycles. The Kier molecular flexibility index (Phi) is 4.47. The van der Waals surface area contributed by atoms with Gasteiger partial charge in [0.2, 0.25) is 0 Å². The number of hydrogen-bond donors (Lipinski definition) is 1. The summed E-state index contributed by atoms with van der Waals surface area (Å²) in [5, 5.41) is 10.5. The lowest BCUT2D eigenvalue weighted by Crippen LogP contribution is -2.45. The molecule has 6 heteroatoms. The zero-order chi connectivity index (χ0) is 14.9. The van der Waals surface area contributed by atoms with Gasteiger partial charge in [0.15, 0.2) is 5.75 Å². The van der Waals surface area contributed by atoms with E-state index in [0.29, 0.717) is 47.3 Å². The second-order valence-corrected chi connectivity index (χ2v) is 6.08. The highest BCUT2D eigenvalue weighted by molar-refractivity contribution is 6.37. The number of carbonyl (C=O) groups excluding carboxylic acids is 1. The fraction of sp³-hybridized carbons (Fsp3) is 0.500. The summed E-state index contributed by atoms with van der Waals surface area (Å²) >= 11 is 12.1. The molecule has 0 aliphatic carbocycles. The summed E-state index contributed by atoms with van der Waals surface area (Å²) in [5.74, 6) is 0.235. The summed E-state index contributed by atoms with van der Waals surface area (Å²) in [6, 6.07) is 3.11. The quantitative estimate of drug-likeness (QED) is 0.912. The molecule has 1 heterocycles. The fourth-order valence-electron chi connectivity index (χ4n) is 2.25. The van der Waals surface area contributed by atoms with Crippen LogP contribution in [0, 0.1) is 0 Å². The van der Waals surface area contributed by atoms with Gasteiger partial charge in [0.25, 0.3) is 5.91 Å². The highest BCUT2D eigenvalue weighted by atomic mass is 35.5. The van der Waals surface area contributed by atoms with Crippen LogP contribution in [0.25, 0.3) is 0 Å². The highest BCUT2D eigenvalue weighted by Crippen LogP contribution is 2.34. The summed E-state index contributed by atoms with van der Waals surface area (Å²) in [7, 11) is 1.47. The number of likely N-dealkylation sites (tertiary alicyclic amines) is 1. The molecule has 0 aromatic heterocycles. The molecule has 0 radical (unpaired) electrons. The van der Waals surface area contributed by atoms with E-state index in [1.165, 1.54) is 7.11 Å². The molecule has 20 heavy (non-hydrogen) atoms. The van der Waals surface area contributed by atoms with Crippen molar-refractivity contribution in [2.45, 2.75) is 25.4 Å². The summed E-state index contributed by atoms with van der Waals surface area (Å²) < 4.78 is 5.06. The number of benzene rings is 1. The molecule has 0 atom stereocenters. The van der Waals surface area contributed by atoms with Crippen molar-refractivity contribution in [3.8, 4) is 5.75 Å². The molecule has 2 rings (SSSR count). The predicted octanol–water partition coefficient (Wildman–Crippen LogP) is 2.99. The smallest absolute Gasteiger partial charge is 0.253 e. The average Bonchev–Trinajstić information content (AvgIpc) is 2.37. The maximum Gasteiger partial charge on any atom is 0.253 e. The molecule has 1 fully saturated rings. The van der Waals surface area contributed by atoms with Crippen LogP contribution < -0.4 is 4.74 Å². The van der Waals surface area contributed by atoms with E-state index in [0.717, 1.165) is 0 Å². The molecule has 1 aromatic rings. The van der Waals surface area contributed by atoms with Gasteiger partial charge < -0.3 is 14.7 Å². The lowest BCUT2D eigenvalue weighted by Gasteiger charge is -2.35. The molecule has 0 unspecified atom stereocenters. The van der Waals surface area contributed by atoms with Crippen molar-refractivity contribution < 1.29 is 14.6 Å². The number of hydrogen-bond acceptors (Lipinski definition) is 3. The van der Waals surface area contributed by atoms with Gasteiger partial charge in [-0.05, 0) is 31.9 Å². The number of nitrogens with zero attached hydrogens (tertiary/aromatic N) is 1. The summed E-state index contributed by atoms with van der Waals surface area (Å²) in [6.07, 6.45) is 1.13. The van der Waals surface area contributed by atoms with E-state index in [1.54, 1.807) is 24.0 Å². The Labute approximate surface area is 128 Å². The molecule has 1 N–H and O–H groups in total. The molecule has 1 amide bonds. The van der Waals surface area contributed by atoms with Gasteiger partial charge in [0.05, 0.1) is 22.8 Å². The second-order valence-electron chi connectivity index (χ2n) is 5.26. The standard InChI is InChI=1S/C14H17Cl2NO3/c1-14(19)3-5-17(6-4-14)13(18)9-7-10(15)12(20-2)11(16)8-9/h7-8,19H,3-6H2,1-2H3. The average molecular weight is 318 g/mol. The van der Waals surface area contributed by atoms with E-state index >= 15 is 0 Å². The Hall–Kier alpha value is -0.970. The van der Waals surface area contributed by atoms with E-state index in [4.69, 9.17) is 27.9 Å². The molecule has 0 spiro atoms. The zero-order valence-corrected chi connectivity index (χ0v) is 13.0. The molecule has 0 saturated carbocycles. The first-order valence-electron chi connectivity index (χ1n) is 6.39. The Bertz CT molecular complexity index is 498. The lowest BCUT2D eigenvalue weighted by molar-refractivity contribution is -0.00202. The van der Waals surface area contributed by atoms with Gasteiger partial charge in [-0.15, -0.1) is 0 Å². The zero-order valence-electron chi connectivity index (χ0n) is 11.4. The van der Waals surface area contributed by atoms with Crippen molar-refractivity contribution in [2.75, 3.05) is 20.2 Å². The first-order valence-corrected chi connectivity index (χ1v) is 7.14. The van der Waals surface area contributed by atoms with E-state index in [9.17, 15) is 9.90 Å². The number of ether oxygens (including phenoxy) is 1. The number of methoxy groups -OCH3 is 1. The predicted molar refractivity (Wildman–Crippen MR) is 78.8 cm³/mol. The SMILES string of the molecule is COc1c(Cl)cc(C(=O)N2CCC(C)(O)CC2)cc1Cl. The van der Waals surface area contributed by atoms with Gasteiger partial charge in [0.1, 0.15) is 0 Å². The third-order valence-electron chi connectivity index (χ3n) is 3.58. The van der Waals surface area contributed by atoms with Crippen molar-refractivity contribution in [3.63, 3.8) is 0 Å². The number of rotatable bonds is 2. The summed E-state index contributed by atoms with van der Waals surface area (Å²) in [6.45, 7) is 2.83. The van der Waals surface area contributed by atoms with E-state index < -0.39 is 5.60 Å². The third-order valence-corrected chi connectivity index (χ3v) is 4.14. The molecule has 4 nitrogen and oxygen atoms in total. The largest absolute Gasteiger partial charge is 0.494 e. The Morgan fingerprint density at radius 3 is 2.25 bits per heavy atom. The minimum absolute atomic E-state index is 0.132. The van der Waals surface area contributed by atoms with E-state index in [2.05, 4.69) is 0 Å². The topological polar surface area (TPSA) is 49.8 Å². The maximum absolute atomic E-state index is 12.4. The molecule has 1 aliphatic heterocycles. The van der Waals surface area contributed by atoms with Crippen LogP contribution in [0.15, 0.2) is 12.1 Å². The Balaban J connectivity index is 2.18. The molecule has 0 bridgehead atoms. The molecule has 1 saturated heterocycles. The van der Waals surface area contributed by atoms with Gasteiger partial charge >= 0.3 is 0 Å². The van der Waals surface area contributed by atoms with Gasteiger partial charge in [-0.3, -0.25) is 4.79 Å². The van der Waals surface area contributed by atoms with Crippen LogP contribution in [-0.2, 0) is 0 Å². The normalized spacial score (nSPS) is 17.9. The molecular formula is C14H17Cl2NO3. The van der Waals surface area contributed by atoms with Gasteiger partial charge in [0, 0.05) is 18.7 Å². The van der Waals surface area contributed by atoms with Crippen LogP contribution in [0.2, 0.25) is 10.0 Å². The minimum Gasteiger partial charge on any atom is -0.494 e. The number of carbonyl (C=O) groups is 1. The number of piperidine rings is 1. The van der Waals surface area contributed by atoms with Crippen LogP contribution in [-0.4, -0.2) is 41.7 Å². The van der Waals surface area contributed by atoms with Crippen molar-refractivity contribution in [2.24, 2.45) is 0 Å². The van der Waals surface area contributed by atoms with Gasteiger partial charge in [-0.1, -0.05) is 23.2 Å². The number of amides is 1. The first kappa shape index (κ1) is 15.4. The maximum atomic E-state index is 12.4. The fourth-order valence-corrected chi connectivity index (χ4v) is 2.89. The first-order chi connectivity index (χ1) is 9.34. The third kappa shape index (κ3) is 3.19. The van der Waals surface area contributed by atoms with Crippen LogP contribution in [0.5, 0.6) is 5.75 Å². The van der Waals surface area contributed by atoms with Crippen LogP contribution in [0.4, 0.5) is 0 Å². The van der Waals surface area contributed by atoms with Crippen LogP contribution in [0.3, 0.4) is 0 Å². The van der Waals surface area contributed by atoms with Crippen molar-refractivity contribution >= 4 is 29.1 Å². The number of halogens is 2. The summed E-state index contributed by atoms with van der Waals surface area (Å²) in [4.78, 5) is 14.1. The minimum atomic E-state index is -0.689. The van der Waals surface area contributed by atoms with E-state index in [1.807, 2.05) is 0 Å². The van der Waals surface area contributed by atoms with Crippen molar-refractivity contribution in [1.29, 1.82) is 0 Å². The molecule has 110 valence electrons. The molecular weight excluding hydrogens is 301 g/mol. The summed E-state index contributed by atoms with van der Waals surface area (Å²) in [5.41, 5.74) is -0.256. The Morgan fingerprint density at radius 2 is 1.80 bits per heavy atom. The monoisotopic (exact) mass is 317 g/mol. The van der Waals surface area contributed by atoms with Crippen LogP contribution >= 0.6 is 23.2 Å². The van der Waals surface area contributed by atoms with Crippen molar-refractivity contribution in [1.82, 2.24) is 4.90 Å². The van der Waals surface area contributed by atoms with E-state index in [-0.39, 0.29) is 5.91 Å². The van der Waals surface area contributed by atoms with Crippen molar-refractivity contribution in [3.05, 3.63) is 27.7 Å². The Morgan fingerprint density at radius 1 is 1.30 bits per heavy atom. The van der Waals surface area contributed by atoms with Gasteiger partial charge in [-0.25, -0.2) is 0 Å².